The number of benzene rings is 2. The van der Waals surface area contributed by atoms with Crippen molar-refractivity contribution in [2.45, 2.75) is 36.9 Å². The number of H-pyrrole nitrogens is 1. The lowest BCUT2D eigenvalue weighted by molar-refractivity contribution is 0.00794. The van der Waals surface area contributed by atoms with Gasteiger partial charge in [0, 0.05) is 30.7 Å². The van der Waals surface area contributed by atoms with Gasteiger partial charge in [0.2, 0.25) is 0 Å². The molecule has 0 bridgehead atoms. The lowest BCUT2D eigenvalue weighted by Crippen LogP contribution is -2.34. The highest BCUT2D eigenvalue weighted by molar-refractivity contribution is 5.81. The van der Waals surface area contributed by atoms with E-state index < -0.39 is 18.0 Å². The molecule has 4 aromatic rings. The van der Waals surface area contributed by atoms with Crippen molar-refractivity contribution in [2.75, 3.05) is 33.4 Å². The number of nitrogens with one attached hydrogen (secondary N) is 1. The summed E-state index contributed by atoms with van der Waals surface area (Å²) in [6, 6.07) is 18.5. The van der Waals surface area contributed by atoms with Crippen molar-refractivity contribution in [1.29, 1.82) is 0 Å². The number of hydrogen-bond acceptors (Lipinski definition) is 8. The van der Waals surface area contributed by atoms with Crippen LogP contribution in [-0.4, -0.2) is 90.0 Å². The van der Waals surface area contributed by atoms with Gasteiger partial charge in [-0.1, -0.05) is 36.4 Å². The summed E-state index contributed by atoms with van der Waals surface area (Å²) in [6.45, 7) is 1.63. The summed E-state index contributed by atoms with van der Waals surface area (Å²) in [5.74, 6) is 0.717. The Kier molecular flexibility index (Phi) is 6.93. The van der Waals surface area contributed by atoms with Gasteiger partial charge in [0.05, 0.1) is 37.9 Å². The number of fused-ring (bicyclic) bond motifs is 2. The Bertz CT molecular complexity index is 1590. The molecular formula is C31H30FN3O7. The number of pyridine rings is 1. The standard InChI is InChI=1S/C31H30FN3O7/c1-38-31(37)35-11-10-21(14-35)41-20-8-6-18(7-9-20)17-2-4-19(5-3-17)28-22(32)12-23-24(34-28)13-27(33-23)42-26-16-40-29-25(36)15-39-30(26)29/h2-9,12-13,21,25-26,29-30,33,36H,10-11,14-16H2,1H3/t21?,25-,26-,29-,30-/m1/s1. The Labute approximate surface area is 240 Å². The molecule has 1 unspecified atom stereocenters. The van der Waals surface area contributed by atoms with Crippen LogP contribution in [0.15, 0.2) is 60.7 Å². The molecule has 11 heteroatoms. The molecule has 2 aromatic carbocycles. The fourth-order valence-corrected chi connectivity index (χ4v) is 5.84. The van der Waals surface area contributed by atoms with Gasteiger partial charge < -0.3 is 38.7 Å². The number of amides is 1. The number of carbonyl (C=O) groups excluding carboxylic acids is 1. The third-order valence-electron chi connectivity index (χ3n) is 8.02. The Morgan fingerprint density at radius 3 is 2.48 bits per heavy atom. The van der Waals surface area contributed by atoms with Gasteiger partial charge in [-0.25, -0.2) is 14.2 Å². The summed E-state index contributed by atoms with van der Waals surface area (Å²) in [7, 11) is 1.38. The van der Waals surface area contributed by atoms with Crippen molar-refractivity contribution in [3.63, 3.8) is 0 Å². The van der Waals surface area contributed by atoms with E-state index in [1.165, 1.54) is 13.2 Å². The van der Waals surface area contributed by atoms with Gasteiger partial charge in [0.15, 0.2) is 17.8 Å². The molecule has 5 heterocycles. The van der Waals surface area contributed by atoms with Crippen LogP contribution >= 0.6 is 0 Å². The number of aliphatic hydroxyl groups excluding tert-OH is 1. The fraction of sp³-hybridized carbons (Fsp3) is 0.355. The monoisotopic (exact) mass is 575 g/mol. The number of nitrogens with zero attached hydrogens (tertiary/aromatic N) is 2. The predicted molar refractivity (Wildman–Crippen MR) is 150 cm³/mol. The first-order valence-electron chi connectivity index (χ1n) is 13.9. The second-order valence-corrected chi connectivity index (χ2v) is 10.8. The zero-order valence-electron chi connectivity index (χ0n) is 22.9. The summed E-state index contributed by atoms with van der Waals surface area (Å²) in [5, 5.41) is 9.95. The molecule has 3 aliphatic rings. The van der Waals surface area contributed by atoms with Crippen LogP contribution in [0.4, 0.5) is 9.18 Å². The zero-order valence-corrected chi connectivity index (χ0v) is 22.9. The Balaban J connectivity index is 1.02. The number of aliphatic hydroxyl groups is 1. The summed E-state index contributed by atoms with van der Waals surface area (Å²) >= 11 is 0. The van der Waals surface area contributed by atoms with E-state index >= 15 is 4.39 Å². The van der Waals surface area contributed by atoms with Gasteiger partial charge in [0.1, 0.15) is 35.9 Å². The number of carbonyl (C=O) groups is 1. The minimum atomic E-state index is -0.659. The molecule has 3 aliphatic heterocycles. The number of methoxy groups -OCH3 is 1. The SMILES string of the molecule is COC(=O)N1CCC(Oc2ccc(-c3ccc(-c4nc5cc(O[C@@H]6CO[C@H]7[C@@H]6OC[C@H]7O)[nH]c5cc4F)cc3)cc2)C1. The molecule has 1 amide bonds. The number of likely N-dealkylation sites (tertiary alicyclic amines) is 1. The first-order valence-corrected chi connectivity index (χ1v) is 13.9. The number of aromatic nitrogens is 2. The van der Waals surface area contributed by atoms with Crippen molar-refractivity contribution in [3.05, 3.63) is 66.5 Å². The summed E-state index contributed by atoms with van der Waals surface area (Å²) in [6.07, 6.45) is -1.44. The Morgan fingerprint density at radius 2 is 1.71 bits per heavy atom. The van der Waals surface area contributed by atoms with Crippen molar-refractivity contribution >= 4 is 17.1 Å². The van der Waals surface area contributed by atoms with E-state index in [-0.39, 0.29) is 36.7 Å². The minimum Gasteiger partial charge on any atom is -0.489 e. The molecule has 7 rings (SSSR count). The summed E-state index contributed by atoms with van der Waals surface area (Å²) < 4.78 is 43.2. The van der Waals surface area contributed by atoms with Crippen molar-refractivity contribution < 1.29 is 38.0 Å². The van der Waals surface area contributed by atoms with E-state index in [4.69, 9.17) is 23.7 Å². The maximum atomic E-state index is 15.1. The summed E-state index contributed by atoms with van der Waals surface area (Å²) in [4.78, 5) is 21.0. The highest BCUT2D eigenvalue weighted by atomic mass is 19.1. The normalized spacial score (nSPS) is 25.1. The molecule has 3 fully saturated rings. The second kappa shape index (κ2) is 10.9. The van der Waals surface area contributed by atoms with Crippen LogP contribution < -0.4 is 9.47 Å². The lowest BCUT2D eigenvalue weighted by atomic mass is 10.0. The van der Waals surface area contributed by atoms with Crippen LogP contribution in [0.25, 0.3) is 33.4 Å². The zero-order chi connectivity index (χ0) is 28.8. The van der Waals surface area contributed by atoms with Gasteiger partial charge in [-0.05, 0) is 23.3 Å². The number of ether oxygens (including phenoxy) is 5. The average Bonchev–Trinajstić information content (AvgIpc) is 3.80. The van der Waals surface area contributed by atoms with Crippen LogP contribution in [0.1, 0.15) is 6.42 Å². The van der Waals surface area contributed by atoms with Gasteiger partial charge in [-0.2, -0.15) is 0 Å². The first-order chi connectivity index (χ1) is 20.4. The molecule has 218 valence electrons. The maximum absolute atomic E-state index is 15.1. The molecule has 10 nitrogen and oxygen atoms in total. The van der Waals surface area contributed by atoms with E-state index in [2.05, 4.69) is 9.97 Å². The molecular weight excluding hydrogens is 545 g/mol. The maximum Gasteiger partial charge on any atom is 0.409 e. The fourth-order valence-electron chi connectivity index (χ4n) is 5.84. The highest BCUT2D eigenvalue weighted by Crippen LogP contribution is 2.33. The lowest BCUT2D eigenvalue weighted by Gasteiger charge is -2.16. The van der Waals surface area contributed by atoms with E-state index in [1.54, 1.807) is 11.0 Å². The average molecular weight is 576 g/mol. The van der Waals surface area contributed by atoms with Gasteiger partial charge in [-0.15, -0.1) is 0 Å². The largest absolute Gasteiger partial charge is 0.489 e. The third-order valence-corrected chi connectivity index (χ3v) is 8.02. The molecule has 3 saturated heterocycles. The van der Waals surface area contributed by atoms with Crippen molar-refractivity contribution in [3.8, 4) is 34.0 Å². The van der Waals surface area contributed by atoms with Crippen LogP contribution in [0, 0.1) is 5.82 Å². The van der Waals surface area contributed by atoms with E-state index in [9.17, 15) is 9.90 Å². The number of hydrogen-bond donors (Lipinski definition) is 2. The quantitative estimate of drug-likeness (QED) is 0.352. The first kappa shape index (κ1) is 26.7. The smallest absolute Gasteiger partial charge is 0.409 e. The number of aromatic amines is 1. The highest BCUT2D eigenvalue weighted by Gasteiger charge is 2.48. The predicted octanol–water partition coefficient (Wildman–Crippen LogP) is 4.16. The van der Waals surface area contributed by atoms with E-state index in [0.717, 1.165) is 23.3 Å². The third kappa shape index (κ3) is 5.04. The van der Waals surface area contributed by atoms with Gasteiger partial charge in [-0.3, -0.25) is 0 Å². The van der Waals surface area contributed by atoms with Crippen molar-refractivity contribution in [2.24, 2.45) is 0 Å². The molecule has 0 saturated carbocycles. The van der Waals surface area contributed by atoms with E-state index in [0.29, 0.717) is 42.2 Å². The Hall–Kier alpha value is -4.19. The molecule has 0 radical (unpaired) electrons. The van der Waals surface area contributed by atoms with E-state index in [1.807, 2.05) is 48.5 Å². The van der Waals surface area contributed by atoms with Crippen molar-refractivity contribution in [1.82, 2.24) is 14.9 Å². The van der Waals surface area contributed by atoms with Crippen LogP contribution in [-0.2, 0) is 14.2 Å². The molecule has 42 heavy (non-hydrogen) atoms. The second-order valence-electron chi connectivity index (χ2n) is 10.8. The molecule has 2 N–H and O–H groups in total. The molecule has 0 aliphatic carbocycles. The van der Waals surface area contributed by atoms with Crippen LogP contribution in [0.3, 0.4) is 0 Å². The Morgan fingerprint density at radius 1 is 1.00 bits per heavy atom. The van der Waals surface area contributed by atoms with Crippen LogP contribution in [0.2, 0.25) is 0 Å². The molecule has 5 atom stereocenters. The summed E-state index contributed by atoms with van der Waals surface area (Å²) in [5.41, 5.74) is 3.94. The minimum absolute atomic E-state index is 0.0731. The molecule has 2 aromatic heterocycles. The number of halogens is 1. The van der Waals surface area contributed by atoms with Gasteiger partial charge in [0.25, 0.3) is 0 Å². The number of rotatable bonds is 6. The topological polar surface area (TPSA) is 115 Å². The van der Waals surface area contributed by atoms with Gasteiger partial charge >= 0.3 is 6.09 Å². The van der Waals surface area contributed by atoms with Crippen LogP contribution in [0.5, 0.6) is 11.6 Å². The molecule has 0 spiro atoms.